The zero-order chi connectivity index (χ0) is 22.0. The lowest BCUT2D eigenvalue weighted by molar-refractivity contribution is -0.127. The van der Waals surface area contributed by atoms with Crippen LogP contribution < -0.4 is 15.0 Å². The molecule has 1 saturated heterocycles. The number of ether oxygens (including phenoxy) is 2. The first-order chi connectivity index (χ1) is 15.0. The maximum Gasteiger partial charge on any atom is 0.271 e. The first-order valence-electron chi connectivity index (χ1n) is 10.1. The summed E-state index contributed by atoms with van der Waals surface area (Å²) >= 11 is 0. The van der Waals surface area contributed by atoms with Gasteiger partial charge < -0.3 is 19.5 Å². The van der Waals surface area contributed by atoms with E-state index in [0.717, 1.165) is 6.42 Å². The van der Waals surface area contributed by atoms with E-state index in [-0.39, 0.29) is 30.7 Å². The third-order valence-corrected chi connectivity index (χ3v) is 5.53. The van der Waals surface area contributed by atoms with E-state index in [1.54, 1.807) is 30.0 Å². The molecule has 0 spiro atoms. The number of fused-ring (bicyclic) bond motifs is 1. The molecular formula is C22H22N4O5. The van der Waals surface area contributed by atoms with Gasteiger partial charge in [0.05, 0.1) is 11.3 Å². The van der Waals surface area contributed by atoms with Crippen LogP contribution in [0.3, 0.4) is 0 Å². The summed E-state index contributed by atoms with van der Waals surface area (Å²) in [6.07, 6.45) is 3.32. The van der Waals surface area contributed by atoms with E-state index in [4.69, 9.17) is 9.47 Å². The lowest BCUT2D eigenvalue weighted by Crippen LogP contribution is -2.29. The lowest BCUT2D eigenvalue weighted by Gasteiger charge is -2.17. The molecule has 0 unspecified atom stereocenters. The third-order valence-electron chi connectivity index (χ3n) is 5.53. The minimum atomic E-state index is -0.550. The predicted molar refractivity (Wildman–Crippen MR) is 112 cm³/mol. The van der Waals surface area contributed by atoms with Crippen LogP contribution in [0.25, 0.3) is 0 Å². The zero-order valence-electron chi connectivity index (χ0n) is 17.1. The van der Waals surface area contributed by atoms with E-state index < -0.39 is 5.56 Å². The van der Waals surface area contributed by atoms with Crippen molar-refractivity contribution in [3.63, 3.8) is 0 Å². The van der Waals surface area contributed by atoms with Crippen LogP contribution in [0.15, 0.2) is 28.0 Å². The summed E-state index contributed by atoms with van der Waals surface area (Å²) in [6.45, 7) is 3.16. The molecule has 3 heterocycles. The highest BCUT2D eigenvalue weighted by Crippen LogP contribution is 2.35. The molecule has 1 amide bonds. The average Bonchev–Trinajstić information content (AvgIpc) is 3.39. The third kappa shape index (κ3) is 3.97. The van der Waals surface area contributed by atoms with Gasteiger partial charge >= 0.3 is 0 Å². The first kappa shape index (κ1) is 20.5. The van der Waals surface area contributed by atoms with Crippen molar-refractivity contribution < 1.29 is 19.4 Å². The Labute approximate surface area is 178 Å². The molecule has 0 radical (unpaired) electrons. The Morgan fingerprint density at radius 2 is 2.06 bits per heavy atom. The van der Waals surface area contributed by atoms with E-state index in [0.29, 0.717) is 54.2 Å². The fourth-order valence-electron chi connectivity index (χ4n) is 3.80. The molecule has 0 saturated carbocycles. The molecule has 1 N–H and O–H groups in total. The fraction of sp³-hybridized carbons (Fsp3) is 0.364. The Balaban J connectivity index is 1.61. The van der Waals surface area contributed by atoms with Crippen LogP contribution in [0.5, 0.6) is 17.4 Å². The number of carbonyl (C=O) groups is 1. The van der Waals surface area contributed by atoms with Crippen LogP contribution in [0.4, 0.5) is 5.69 Å². The van der Waals surface area contributed by atoms with Crippen LogP contribution in [0.2, 0.25) is 0 Å². The maximum atomic E-state index is 12.7. The standard InChI is InChI=1S/C22H22N4O5/c1-14-16(11-23)21(28)26(9-3-8-25-7-2-4-20(25)27)22(29)17(14)12-24-15-5-6-18-19(10-15)31-13-30-18/h5-6,10,12,29H,2-4,7-9,13H2,1H3. The number of carbonyl (C=O) groups excluding carboxylic acids is 1. The SMILES string of the molecule is Cc1c(C=Nc2ccc3c(c2)OCO3)c(O)n(CCCN2CCCC2=O)c(=O)c1C#N. The first-order valence-corrected chi connectivity index (χ1v) is 10.1. The Kier molecular flexibility index (Phi) is 5.62. The van der Waals surface area contributed by atoms with E-state index in [2.05, 4.69) is 4.99 Å². The second kappa shape index (κ2) is 8.52. The monoisotopic (exact) mass is 422 g/mol. The number of aliphatic imine (C=N–C) groups is 1. The Hall–Kier alpha value is -3.80. The second-order valence-electron chi connectivity index (χ2n) is 7.44. The van der Waals surface area contributed by atoms with Gasteiger partial charge in [0.1, 0.15) is 11.6 Å². The number of hydrogen-bond donors (Lipinski definition) is 1. The predicted octanol–water partition coefficient (Wildman–Crippen LogP) is 2.23. The van der Waals surface area contributed by atoms with Gasteiger partial charge in [-0.15, -0.1) is 0 Å². The van der Waals surface area contributed by atoms with Crippen LogP contribution in [0, 0.1) is 18.3 Å². The molecule has 1 fully saturated rings. The second-order valence-corrected chi connectivity index (χ2v) is 7.44. The summed E-state index contributed by atoms with van der Waals surface area (Å²) in [4.78, 5) is 30.6. The highest BCUT2D eigenvalue weighted by molar-refractivity contribution is 5.87. The van der Waals surface area contributed by atoms with Gasteiger partial charge in [0.15, 0.2) is 11.5 Å². The summed E-state index contributed by atoms with van der Waals surface area (Å²) in [5, 5.41) is 20.3. The van der Waals surface area contributed by atoms with Crippen LogP contribution in [-0.4, -0.2) is 46.6 Å². The van der Waals surface area contributed by atoms with Gasteiger partial charge in [-0.25, -0.2) is 0 Å². The molecule has 0 atom stereocenters. The average molecular weight is 422 g/mol. The molecule has 2 aliphatic heterocycles. The van der Waals surface area contributed by atoms with Gasteiger partial charge in [-0.1, -0.05) is 0 Å². The van der Waals surface area contributed by atoms with Gasteiger partial charge in [-0.2, -0.15) is 5.26 Å². The number of nitrogens with zero attached hydrogens (tertiary/aromatic N) is 4. The summed E-state index contributed by atoms with van der Waals surface area (Å²) < 4.78 is 11.8. The summed E-state index contributed by atoms with van der Waals surface area (Å²) in [5.41, 5.74) is 0.644. The number of aromatic nitrogens is 1. The molecule has 31 heavy (non-hydrogen) atoms. The number of nitriles is 1. The van der Waals surface area contributed by atoms with Crippen molar-refractivity contribution in [3.8, 4) is 23.4 Å². The number of rotatable bonds is 6. The number of aromatic hydroxyl groups is 1. The molecule has 2 aliphatic rings. The summed E-state index contributed by atoms with van der Waals surface area (Å²) in [6, 6.07) is 7.12. The quantitative estimate of drug-likeness (QED) is 0.714. The van der Waals surface area contributed by atoms with Gasteiger partial charge in [0.25, 0.3) is 5.56 Å². The van der Waals surface area contributed by atoms with Gasteiger partial charge in [-0.3, -0.25) is 19.1 Å². The molecule has 4 rings (SSSR count). The molecule has 9 heteroatoms. The van der Waals surface area contributed by atoms with Crippen molar-refractivity contribution in [1.82, 2.24) is 9.47 Å². The minimum Gasteiger partial charge on any atom is -0.494 e. The summed E-state index contributed by atoms with van der Waals surface area (Å²) in [5.74, 6) is 1.07. The number of likely N-dealkylation sites (tertiary alicyclic amines) is 1. The van der Waals surface area contributed by atoms with Gasteiger partial charge in [0.2, 0.25) is 18.6 Å². The maximum absolute atomic E-state index is 12.7. The number of amides is 1. The van der Waals surface area contributed by atoms with Crippen molar-refractivity contribution in [2.45, 2.75) is 32.7 Å². The number of pyridine rings is 1. The van der Waals surface area contributed by atoms with Gasteiger partial charge in [0, 0.05) is 38.3 Å². The van der Waals surface area contributed by atoms with Crippen LogP contribution in [-0.2, 0) is 11.3 Å². The topological polar surface area (TPSA) is 117 Å². The molecule has 1 aromatic carbocycles. The Morgan fingerprint density at radius 3 is 2.81 bits per heavy atom. The van der Waals surface area contributed by atoms with E-state index in [9.17, 15) is 20.0 Å². The molecule has 2 aromatic rings. The normalized spacial score (nSPS) is 15.1. The smallest absolute Gasteiger partial charge is 0.271 e. The van der Waals surface area contributed by atoms with Crippen molar-refractivity contribution in [2.24, 2.45) is 4.99 Å². The van der Waals surface area contributed by atoms with Crippen molar-refractivity contribution in [1.29, 1.82) is 5.26 Å². The number of hydrogen-bond acceptors (Lipinski definition) is 7. The summed E-state index contributed by atoms with van der Waals surface area (Å²) in [7, 11) is 0. The van der Waals surface area contributed by atoms with Crippen LogP contribution >= 0.6 is 0 Å². The zero-order valence-corrected chi connectivity index (χ0v) is 17.1. The van der Waals surface area contributed by atoms with E-state index in [1.165, 1.54) is 10.8 Å². The molecule has 1 aromatic heterocycles. The largest absolute Gasteiger partial charge is 0.494 e. The fourth-order valence-corrected chi connectivity index (χ4v) is 3.80. The molecule has 0 bridgehead atoms. The Morgan fingerprint density at radius 1 is 1.26 bits per heavy atom. The highest BCUT2D eigenvalue weighted by Gasteiger charge is 2.21. The van der Waals surface area contributed by atoms with Crippen LogP contribution in [0.1, 0.15) is 36.0 Å². The van der Waals surface area contributed by atoms with Gasteiger partial charge in [-0.05, 0) is 37.5 Å². The molecule has 0 aliphatic carbocycles. The van der Waals surface area contributed by atoms with E-state index >= 15 is 0 Å². The van der Waals surface area contributed by atoms with E-state index in [1.807, 2.05) is 6.07 Å². The van der Waals surface area contributed by atoms with Crippen molar-refractivity contribution in [3.05, 3.63) is 45.2 Å². The number of benzene rings is 1. The van der Waals surface area contributed by atoms with Crippen molar-refractivity contribution in [2.75, 3.05) is 19.9 Å². The molecule has 160 valence electrons. The Bertz CT molecular complexity index is 1160. The highest BCUT2D eigenvalue weighted by atomic mass is 16.7. The lowest BCUT2D eigenvalue weighted by atomic mass is 10.1. The molecular weight excluding hydrogens is 400 g/mol. The minimum absolute atomic E-state index is 0.0396. The van der Waals surface area contributed by atoms with Crippen molar-refractivity contribution >= 4 is 17.8 Å². The molecule has 9 nitrogen and oxygen atoms in total.